The quantitative estimate of drug-likeness (QED) is 0.519. The van der Waals surface area contributed by atoms with E-state index in [-0.39, 0.29) is 11.1 Å². The molecule has 0 fully saturated rings. The van der Waals surface area contributed by atoms with Crippen LogP contribution in [-0.4, -0.2) is 0 Å². The van der Waals surface area contributed by atoms with Crippen LogP contribution in [0.25, 0.3) is 11.1 Å². The van der Waals surface area contributed by atoms with Gasteiger partial charge in [-0.15, -0.1) is 0 Å². The van der Waals surface area contributed by atoms with E-state index in [9.17, 15) is 26.3 Å². The average molecular weight is 276 g/mol. The van der Waals surface area contributed by atoms with Crippen LogP contribution in [0.2, 0.25) is 0 Å². The fraction of sp³-hybridized carbons (Fsp3) is 0.0769. The summed E-state index contributed by atoms with van der Waals surface area (Å²) in [5, 5.41) is 0. The Kier molecular flexibility index (Phi) is 3.26. The standard InChI is InChI=1S/C13H6F6/c14-10-6-5-9(11(15)12(10)16)7-1-3-8(4-2-7)13(17,18)19/h1-6H. The minimum atomic E-state index is -4.51. The van der Waals surface area contributed by atoms with E-state index in [2.05, 4.69) is 0 Å². The lowest BCUT2D eigenvalue weighted by molar-refractivity contribution is -0.137. The lowest BCUT2D eigenvalue weighted by atomic mass is 10.0. The molecule has 0 heterocycles. The maximum Gasteiger partial charge on any atom is 0.416 e. The Labute approximate surface area is 104 Å². The number of benzene rings is 2. The Morgan fingerprint density at radius 1 is 0.684 bits per heavy atom. The van der Waals surface area contributed by atoms with Crippen molar-refractivity contribution in [3.8, 4) is 11.1 Å². The van der Waals surface area contributed by atoms with Gasteiger partial charge in [0.2, 0.25) is 0 Å². The van der Waals surface area contributed by atoms with Gasteiger partial charge in [0.1, 0.15) is 0 Å². The van der Waals surface area contributed by atoms with Gasteiger partial charge >= 0.3 is 6.18 Å². The molecule has 0 radical (unpaired) electrons. The number of alkyl halides is 3. The highest BCUT2D eigenvalue weighted by atomic mass is 19.4. The molecular weight excluding hydrogens is 270 g/mol. The van der Waals surface area contributed by atoms with Crippen LogP contribution in [0.4, 0.5) is 26.3 Å². The number of hydrogen-bond acceptors (Lipinski definition) is 0. The molecule has 0 aliphatic carbocycles. The van der Waals surface area contributed by atoms with Gasteiger partial charge in [0.25, 0.3) is 0 Å². The molecule has 0 N–H and O–H groups in total. The van der Waals surface area contributed by atoms with Crippen molar-refractivity contribution in [2.45, 2.75) is 6.18 Å². The smallest absolute Gasteiger partial charge is 0.204 e. The van der Waals surface area contributed by atoms with Gasteiger partial charge in [-0.3, -0.25) is 0 Å². The van der Waals surface area contributed by atoms with E-state index >= 15 is 0 Å². The van der Waals surface area contributed by atoms with Crippen molar-refractivity contribution in [3.05, 3.63) is 59.4 Å². The lowest BCUT2D eigenvalue weighted by Gasteiger charge is -2.08. The van der Waals surface area contributed by atoms with E-state index in [1.807, 2.05) is 0 Å². The minimum absolute atomic E-state index is 0.0319. The zero-order valence-corrected chi connectivity index (χ0v) is 9.23. The highest BCUT2D eigenvalue weighted by molar-refractivity contribution is 5.64. The molecule has 2 rings (SSSR count). The van der Waals surface area contributed by atoms with Gasteiger partial charge in [0.15, 0.2) is 17.5 Å². The highest BCUT2D eigenvalue weighted by Crippen LogP contribution is 2.32. The third-order valence-electron chi connectivity index (χ3n) is 2.56. The predicted octanol–water partition coefficient (Wildman–Crippen LogP) is 4.79. The number of hydrogen-bond donors (Lipinski definition) is 0. The molecule has 0 aliphatic rings. The van der Waals surface area contributed by atoms with Crippen molar-refractivity contribution in [2.24, 2.45) is 0 Å². The summed E-state index contributed by atoms with van der Waals surface area (Å²) in [6.45, 7) is 0. The van der Waals surface area contributed by atoms with Crippen molar-refractivity contribution < 1.29 is 26.3 Å². The van der Waals surface area contributed by atoms with Gasteiger partial charge in [-0.1, -0.05) is 12.1 Å². The van der Waals surface area contributed by atoms with Gasteiger partial charge < -0.3 is 0 Å². The van der Waals surface area contributed by atoms with Crippen molar-refractivity contribution in [3.63, 3.8) is 0 Å². The van der Waals surface area contributed by atoms with Crippen molar-refractivity contribution in [1.82, 2.24) is 0 Å². The van der Waals surface area contributed by atoms with E-state index in [0.29, 0.717) is 6.07 Å². The van der Waals surface area contributed by atoms with Crippen LogP contribution in [0.5, 0.6) is 0 Å². The number of halogens is 6. The first-order valence-electron chi connectivity index (χ1n) is 5.12. The van der Waals surface area contributed by atoms with Gasteiger partial charge in [0.05, 0.1) is 5.56 Å². The molecule has 0 aromatic heterocycles. The normalized spacial score (nSPS) is 11.7. The first-order chi connectivity index (χ1) is 8.80. The summed E-state index contributed by atoms with van der Waals surface area (Å²) >= 11 is 0. The fourth-order valence-corrected chi connectivity index (χ4v) is 1.59. The topological polar surface area (TPSA) is 0 Å². The zero-order valence-electron chi connectivity index (χ0n) is 9.23. The first kappa shape index (κ1) is 13.5. The molecule has 0 saturated carbocycles. The van der Waals surface area contributed by atoms with Crippen LogP contribution in [0.1, 0.15) is 5.56 Å². The van der Waals surface area contributed by atoms with E-state index in [1.165, 1.54) is 0 Å². The Hall–Kier alpha value is -1.98. The largest absolute Gasteiger partial charge is 0.416 e. The van der Waals surface area contributed by atoms with Gasteiger partial charge in [-0.2, -0.15) is 13.2 Å². The monoisotopic (exact) mass is 276 g/mol. The maximum absolute atomic E-state index is 13.4. The zero-order chi connectivity index (χ0) is 14.2. The summed E-state index contributed by atoms with van der Waals surface area (Å²) in [5.41, 5.74) is -1.17. The molecule has 2 aromatic rings. The molecule has 2 aromatic carbocycles. The summed E-state index contributed by atoms with van der Waals surface area (Å²) in [6, 6.07) is 5.17. The van der Waals surface area contributed by atoms with Gasteiger partial charge in [-0.25, -0.2) is 13.2 Å². The second-order valence-electron chi connectivity index (χ2n) is 3.80. The van der Waals surface area contributed by atoms with Gasteiger partial charge in [0, 0.05) is 5.56 Å². The molecule has 0 saturated heterocycles. The molecule has 0 nitrogen and oxygen atoms in total. The molecule has 0 unspecified atom stereocenters. The van der Waals surface area contributed by atoms with Crippen LogP contribution in [0.15, 0.2) is 36.4 Å². The minimum Gasteiger partial charge on any atom is -0.204 e. The van der Waals surface area contributed by atoms with Crippen LogP contribution in [0.3, 0.4) is 0 Å². The van der Waals surface area contributed by atoms with Crippen LogP contribution < -0.4 is 0 Å². The summed E-state index contributed by atoms with van der Waals surface area (Å²) in [5.74, 6) is -4.44. The summed E-state index contributed by atoms with van der Waals surface area (Å²) in [4.78, 5) is 0. The molecule has 0 atom stereocenters. The molecule has 0 bridgehead atoms. The number of rotatable bonds is 1. The maximum atomic E-state index is 13.4. The second-order valence-corrected chi connectivity index (χ2v) is 3.80. The Morgan fingerprint density at radius 3 is 1.79 bits per heavy atom. The Morgan fingerprint density at radius 2 is 1.26 bits per heavy atom. The van der Waals surface area contributed by atoms with Crippen molar-refractivity contribution in [2.75, 3.05) is 0 Å². The average Bonchev–Trinajstić information content (AvgIpc) is 2.35. The molecule has 0 spiro atoms. The highest BCUT2D eigenvalue weighted by Gasteiger charge is 2.30. The molecule has 0 aliphatic heterocycles. The van der Waals surface area contributed by atoms with Crippen LogP contribution >= 0.6 is 0 Å². The molecule has 6 heteroatoms. The van der Waals surface area contributed by atoms with Crippen LogP contribution in [0, 0.1) is 17.5 Å². The summed E-state index contributed by atoms with van der Waals surface area (Å²) in [7, 11) is 0. The SMILES string of the molecule is Fc1ccc(-c2ccc(C(F)(F)F)cc2)c(F)c1F. The molecule has 100 valence electrons. The summed E-state index contributed by atoms with van der Waals surface area (Å²) < 4.78 is 76.2. The Balaban J connectivity index is 2.46. The molecule has 19 heavy (non-hydrogen) atoms. The van der Waals surface area contributed by atoms with E-state index in [0.717, 1.165) is 30.3 Å². The van der Waals surface area contributed by atoms with E-state index < -0.39 is 29.2 Å². The third kappa shape index (κ3) is 2.57. The van der Waals surface area contributed by atoms with Crippen molar-refractivity contribution in [1.29, 1.82) is 0 Å². The predicted molar refractivity (Wildman–Crippen MR) is 56.8 cm³/mol. The summed E-state index contributed by atoms with van der Waals surface area (Å²) in [6.07, 6.45) is -4.51. The fourth-order valence-electron chi connectivity index (χ4n) is 1.59. The van der Waals surface area contributed by atoms with Crippen molar-refractivity contribution >= 4 is 0 Å². The van der Waals surface area contributed by atoms with E-state index in [4.69, 9.17) is 0 Å². The first-order valence-corrected chi connectivity index (χ1v) is 5.12. The van der Waals surface area contributed by atoms with Crippen LogP contribution in [-0.2, 0) is 6.18 Å². The molecule has 0 amide bonds. The second kappa shape index (κ2) is 4.60. The lowest BCUT2D eigenvalue weighted by Crippen LogP contribution is -2.04. The van der Waals surface area contributed by atoms with E-state index in [1.54, 1.807) is 0 Å². The Bertz CT molecular complexity index is 598. The third-order valence-corrected chi connectivity index (χ3v) is 2.56. The molecular formula is C13H6F6. The van der Waals surface area contributed by atoms with Gasteiger partial charge in [-0.05, 0) is 29.8 Å².